The van der Waals surface area contributed by atoms with Gasteiger partial charge in [-0.1, -0.05) is 148 Å². The quantitative estimate of drug-likeness (QED) is 0.122. The summed E-state index contributed by atoms with van der Waals surface area (Å²) >= 11 is 0. The van der Waals surface area contributed by atoms with Crippen LogP contribution in [0.3, 0.4) is 0 Å². The van der Waals surface area contributed by atoms with Gasteiger partial charge in [-0.2, -0.15) is 0 Å². The van der Waals surface area contributed by atoms with Gasteiger partial charge in [0.2, 0.25) is 0 Å². The second-order valence-electron chi connectivity index (χ2n) is 17.6. The Balaban J connectivity index is 1.47. The molecule has 0 saturated heterocycles. The van der Waals surface area contributed by atoms with Crippen LogP contribution in [0.2, 0.25) is 0 Å². The largest absolute Gasteiger partial charge is 0.310 e. The Bertz CT molecular complexity index is 2580. The van der Waals surface area contributed by atoms with Gasteiger partial charge < -0.3 is 9.80 Å². The molecule has 0 aromatic heterocycles. The molecule has 0 heterocycles. The Kier molecular flexibility index (Phi) is 10.3. The molecule has 0 atom stereocenters. The Morgan fingerprint density at radius 3 is 0.895 bits per heavy atom. The minimum Gasteiger partial charge on any atom is -0.310 e. The third-order valence-corrected chi connectivity index (χ3v) is 12.1. The topological polar surface area (TPSA) is 6.48 Å². The van der Waals surface area contributed by atoms with Crippen molar-refractivity contribution in [3.63, 3.8) is 0 Å². The molecule has 0 amide bonds. The third-order valence-electron chi connectivity index (χ3n) is 12.1. The molecule has 8 aromatic carbocycles. The van der Waals surface area contributed by atoms with Crippen molar-refractivity contribution < 1.29 is 0 Å². The number of hydrogen-bond acceptors (Lipinski definition) is 2. The number of hydrogen-bond donors (Lipinski definition) is 0. The maximum absolute atomic E-state index is 2.50. The fraction of sp³-hybridized carbons (Fsp3) is 0.273. The molecule has 0 aliphatic rings. The molecule has 0 N–H and O–H groups in total. The molecule has 2 nitrogen and oxygen atoms in total. The highest BCUT2D eigenvalue weighted by Gasteiger charge is 2.26. The maximum Gasteiger partial charge on any atom is 0.0543 e. The first-order valence-electron chi connectivity index (χ1n) is 21.2. The first-order valence-corrected chi connectivity index (χ1v) is 21.2. The lowest BCUT2D eigenvalue weighted by Crippen LogP contribution is -2.13. The normalized spacial score (nSPS) is 12.1. The molecular formula is C55H58N2. The van der Waals surface area contributed by atoms with Crippen LogP contribution in [0.1, 0.15) is 127 Å². The van der Waals surface area contributed by atoms with Gasteiger partial charge in [0, 0.05) is 33.5 Å². The third kappa shape index (κ3) is 6.94. The molecule has 8 aromatic rings. The molecule has 0 radical (unpaired) electrons. The Morgan fingerprint density at radius 1 is 0.298 bits per heavy atom. The van der Waals surface area contributed by atoms with Crippen molar-refractivity contribution in [2.45, 2.75) is 98.8 Å². The lowest BCUT2D eigenvalue weighted by molar-refractivity contribution is 0.865. The van der Waals surface area contributed by atoms with E-state index >= 15 is 0 Å². The van der Waals surface area contributed by atoms with Crippen LogP contribution in [0, 0.1) is 0 Å². The number of anilines is 6. The van der Waals surface area contributed by atoms with E-state index in [9.17, 15) is 0 Å². The zero-order chi connectivity index (χ0) is 40.1. The Morgan fingerprint density at radius 2 is 0.596 bits per heavy atom. The SMILES string of the molecule is CC(C)c1ccc(N(c2ccccc2)c2cc(C(C)C)c3ccc4c(N(c5ccc(C(C)C)cc5)c5ccc(C(C)C)cc5)cc(C(C)C)c5ccc2c3c54)cc1. The number of nitrogens with zero attached hydrogens (tertiary/aromatic N) is 2. The molecule has 0 spiro atoms. The summed E-state index contributed by atoms with van der Waals surface area (Å²) in [4.78, 5) is 4.98. The molecule has 2 heteroatoms. The Labute approximate surface area is 341 Å². The van der Waals surface area contributed by atoms with Gasteiger partial charge in [0.15, 0.2) is 0 Å². The minimum absolute atomic E-state index is 0.325. The fourth-order valence-electron chi connectivity index (χ4n) is 8.79. The zero-order valence-corrected chi connectivity index (χ0v) is 35.6. The van der Waals surface area contributed by atoms with Gasteiger partial charge in [-0.05, 0) is 140 Å². The van der Waals surface area contributed by atoms with Crippen LogP contribution in [0.5, 0.6) is 0 Å². The number of para-hydroxylation sites is 1. The molecule has 0 aliphatic carbocycles. The van der Waals surface area contributed by atoms with Crippen molar-refractivity contribution in [2.75, 3.05) is 9.80 Å². The molecule has 0 bridgehead atoms. The van der Waals surface area contributed by atoms with E-state index in [0.717, 1.165) is 5.69 Å². The summed E-state index contributed by atoms with van der Waals surface area (Å²) in [6.45, 7) is 23.0. The van der Waals surface area contributed by atoms with E-state index in [2.05, 4.69) is 219 Å². The molecule has 0 saturated carbocycles. The number of rotatable bonds is 11. The van der Waals surface area contributed by atoms with Crippen molar-refractivity contribution in [3.8, 4) is 0 Å². The molecule has 0 aliphatic heterocycles. The molecule has 0 fully saturated rings. The lowest BCUT2D eigenvalue weighted by Gasteiger charge is -2.32. The predicted octanol–water partition coefficient (Wildman–Crippen LogP) is 17.1. The second kappa shape index (κ2) is 15.4. The second-order valence-corrected chi connectivity index (χ2v) is 17.6. The van der Waals surface area contributed by atoms with E-state index in [1.165, 1.54) is 88.6 Å². The highest BCUT2D eigenvalue weighted by molar-refractivity contribution is 6.29. The van der Waals surface area contributed by atoms with Crippen molar-refractivity contribution in [2.24, 2.45) is 0 Å². The summed E-state index contributed by atoms with van der Waals surface area (Å²) in [6.07, 6.45) is 0. The summed E-state index contributed by atoms with van der Waals surface area (Å²) < 4.78 is 0. The summed E-state index contributed by atoms with van der Waals surface area (Å²) in [5.74, 6) is 2.05. The average molecular weight is 747 g/mol. The Hall–Kier alpha value is -5.60. The van der Waals surface area contributed by atoms with Gasteiger partial charge in [0.05, 0.1) is 11.4 Å². The monoisotopic (exact) mass is 746 g/mol. The van der Waals surface area contributed by atoms with E-state index in [1.807, 2.05) is 0 Å². The summed E-state index contributed by atoms with van der Waals surface area (Å²) in [5, 5.41) is 7.91. The van der Waals surface area contributed by atoms with E-state index in [-0.39, 0.29) is 0 Å². The van der Waals surface area contributed by atoms with Crippen molar-refractivity contribution in [1.82, 2.24) is 0 Å². The van der Waals surface area contributed by atoms with E-state index < -0.39 is 0 Å². The van der Waals surface area contributed by atoms with Crippen molar-refractivity contribution in [1.29, 1.82) is 0 Å². The first kappa shape index (κ1) is 38.3. The van der Waals surface area contributed by atoms with Gasteiger partial charge in [-0.3, -0.25) is 0 Å². The highest BCUT2D eigenvalue weighted by Crippen LogP contribution is 2.51. The molecule has 288 valence electrons. The molecular weight excluding hydrogens is 689 g/mol. The van der Waals surface area contributed by atoms with Gasteiger partial charge in [-0.25, -0.2) is 0 Å². The van der Waals surface area contributed by atoms with Crippen LogP contribution in [-0.2, 0) is 0 Å². The predicted molar refractivity (Wildman–Crippen MR) is 250 cm³/mol. The molecule has 0 unspecified atom stereocenters. The van der Waals surface area contributed by atoms with Crippen LogP contribution in [0.15, 0.2) is 140 Å². The fourth-order valence-corrected chi connectivity index (χ4v) is 8.79. The number of benzene rings is 8. The van der Waals surface area contributed by atoms with Gasteiger partial charge in [0.1, 0.15) is 0 Å². The van der Waals surface area contributed by atoms with Crippen molar-refractivity contribution in [3.05, 3.63) is 167 Å². The van der Waals surface area contributed by atoms with Crippen LogP contribution in [0.4, 0.5) is 34.1 Å². The van der Waals surface area contributed by atoms with Crippen LogP contribution >= 0.6 is 0 Å². The maximum atomic E-state index is 2.50. The van der Waals surface area contributed by atoms with Crippen LogP contribution in [-0.4, -0.2) is 0 Å². The highest BCUT2D eigenvalue weighted by atomic mass is 15.1. The first-order chi connectivity index (χ1) is 27.4. The van der Waals surface area contributed by atoms with Gasteiger partial charge >= 0.3 is 0 Å². The lowest BCUT2D eigenvalue weighted by atomic mass is 9.84. The minimum atomic E-state index is 0.325. The van der Waals surface area contributed by atoms with Gasteiger partial charge in [-0.15, -0.1) is 0 Å². The van der Waals surface area contributed by atoms with E-state index in [4.69, 9.17) is 0 Å². The average Bonchev–Trinajstić information content (AvgIpc) is 3.21. The smallest absolute Gasteiger partial charge is 0.0543 e. The van der Waals surface area contributed by atoms with Crippen LogP contribution in [0.25, 0.3) is 32.3 Å². The zero-order valence-electron chi connectivity index (χ0n) is 35.6. The van der Waals surface area contributed by atoms with E-state index in [0.29, 0.717) is 29.6 Å². The molecule has 57 heavy (non-hydrogen) atoms. The molecule has 8 rings (SSSR count). The standard InChI is InChI=1S/C55H58N2/c1-34(2)39-16-22-43(23-17-39)56(42-14-12-11-13-15-42)52-32-50(37(7)8)46-29-31-49-53(33-51(38(9)10)47-28-30-48(52)54(46)55(47)49)57(44-24-18-40(19-25-44)35(3)4)45-26-20-41(21-27-45)36(5)6/h11-38H,1-10H3. The summed E-state index contributed by atoms with van der Waals surface area (Å²) in [5.41, 5.74) is 13.9. The summed E-state index contributed by atoms with van der Waals surface area (Å²) in [7, 11) is 0. The van der Waals surface area contributed by atoms with Crippen molar-refractivity contribution >= 4 is 66.4 Å². The van der Waals surface area contributed by atoms with Crippen LogP contribution < -0.4 is 9.80 Å². The van der Waals surface area contributed by atoms with Gasteiger partial charge in [0.25, 0.3) is 0 Å². The van der Waals surface area contributed by atoms with E-state index in [1.54, 1.807) is 0 Å². The summed E-state index contributed by atoms with van der Waals surface area (Å²) in [6, 6.07) is 53.2.